The first-order chi connectivity index (χ1) is 11.7. The highest BCUT2D eigenvalue weighted by molar-refractivity contribution is 5.93. The summed E-state index contributed by atoms with van der Waals surface area (Å²) in [7, 11) is 0. The summed E-state index contributed by atoms with van der Waals surface area (Å²) in [5, 5.41) is 10.5. The molecule has 1 unspecified atom stereocenters. The van der Waals surface area contributed by atoms with E-state index in [1.54, 1.807) is 6.92 Å². The number of rotatable bonds is 5. The number of H-pyrrole nitrogens is 1. The second kappa shape index (κ2) is 7.57. The number of benzene rings is 1. The number of esters is 1. The number of nitrogens with one attached hydrogen (secondary N) is 1. The third-order valence-electron chi connectivity index (χ3n) is 4.57. The lowest BCUT2D eigenvalue weighted by molar-refractivity contribution is 0.0520. The Bertz CT molecular complexity index is 681. The molecule has 0 amide bonds. The van der Waals surface area contributed by atoms with E-state index in [1.807, 2.05) is 12.1 Å². The lowest BCUT2D eigenvalue weighted by Crippen LogP contribution is -2.36. The minimum Gasteiger partial charge on any atom is -0.461 e. The number of hydrogen-bond donors (Lipinski definition) is 1. The summed E-state index contributed by atoms with van der Waals surface area (Å²) in [6.45, 7) is 6.52. The van der Waals surface area contributed by atoms with Gasteiger partial charge < -0.3 is 4.74 Å². The van der Waals surface area contributed by atoms with Crippen molar-refractivity contribution in [3.63, 3.8) is 0 Å². The van der Waals surface area contributed by atoms with Gasteiger partial charge in [0.25, 0.3) is 0 Å². The average molecular weight is 328 g/mol. The van der Waals surface area contributed by atoms with Gasteiger partial charge in [0, 0.05) is 18.2 Å². The number of piperidine rings is 1. The van der Waals surface area contributed by atoms with Crippen LogP contribution in [0.25, 0.3) is 11.3 Å². The van der Waals surface area contributed by atoms with Gasteiger partial charge in [0.15, 0.2) is 5.69 Å². The molecule has 1 aliphatic rings. The highest BCUT2D eigenvalue weighted by atomic mass is 16.5. The summed E-state index contributed by atoms with van der Waals surface area (Å²) < 4.78 is 5.02. The maximum atomic E-state index is 11.9. The zero-order valence-electron chi connectivity index (χ0n) is 14.3. The van der Waals surface area contributed by atoms with Crippen molar-refractivity contribution in [3.05, 3.63) is 35.5 Å². The summed E-state index contributed by atoms with van der Waals surface area (Å²) >= 11 is 0. The fraction of sp³-hybridized carbons (Fsp3) is 0.500. The van der Waals surface area contributed by atoms with Gasteiger partial charge in [0.05, 0.1) is 6.61 Å². The van der Waals surface area contributed by atoms with Crippen molar-refractivity contribution in [2.45, 2.75) is 45.7 Å². The minimum absolute atomic E-state index is 0.231. The van der Waals surface area contributed by atoms with Crippen molar-refractivity contribution >= 4 is 5.97 Å². The van der Waals surface area contributed by atoms with Crippen LogP contribution in [0.15, 0.2) is 24.3 Å². The van der Waals surface area contributed by atoms with E-state index in [0.29, 0.717) is 18.3 Å². The van der Waals surface area contributed by atoms with Crippen LogP contribution in [-0.4, -0.2) is 45.5 Å². The Labute approximate surface area is 142 Å². The second-order valence-electron chi connectivity index (χ2n) is 6.25. The first-order valence-corrected chi connectivity index (χ1v) is 8.60. The van der Waals surface area contributed by atoms with Crippen LogP contribution in [0, 0.1) is 0 Å². The number of carbonyl (C=O) groups excluding carboxylic acids is 1. The first kappa shape index (κ1) is 16.6. The van der Waals surface area contributed by atoms with Gasteiger partial charge in [-0.2, -0.15) is 10.3 Å². The lowest BCUT2D eigenvalue weighted by Gasteiger charge is -2.33. The average Bonchev–Trinajstić information content (AvgIpc) is 3.08. The van der Waals surface area contributed by atoms with E-state index in [0.717, 1.165) is 12.1 Å². The largest absolute Gasteiger partial charge is 0.461 e. The van der Waals surface area contributed by atoms with Crippen LogP contribution in [0.5, 0.6) is 0 Å². The molecule has 1 aromatic heterocycles. The van der Waals surface area contributed by atoms with Crippen LogP contribution >= 0.6 is 0 Å². The normalized spacial score (nSPS) is 18.5. The number of aromatic amines is 1. The van der Waals surface area contributed by atoms with E-state index in [-0.39, 0.29) is 5.69 Å². The van der Waals surface area contributed by atoms with Gasteiger partial charge >= 0.3 is 5.97 Å². The maximum absolute atomic E-state index is 11.9. The molecule has 3 rings (SSSR count). The summed E-state index contributed by atoms with van der Waals surface area (Å²) in [4.78, 5) is 14.4. The van der Waals surface area contributed by atoms with Crippen LogP contribution in [0.4, 0.5) is 0 Å². The monoisotopic (exact) mass is 328 g/mol. The molecule has 24 heavy (non-hydrogen) atoms. The molecule has 1 N–H and O–H groups in total. The van der Waals surface area contributed by atoms with E-state index in [4.69, 9.17) is 4.74 Å². The number of carbonyl (C=O) groups is 1. The highest BCUT2D eigenvalue weighted by Crippen LogP contribution is 2.23. The molecule has 1 saturated heterocycles. The van der Waals surface area contributed by atoms with Crippen molar-refractivity contribution < 1.29 is 9.53 Å². The molecule has 1 atom stereocenters. The molecule has 0 aliphatic carbocycles. The first-order valence-electron chi connectivity index (χ1n) is 8.60. The molecular weight excluding hydrogens is 304 g/mol. The van der Waals surface area contributed by atoms with E-state index >= 15 is 0 Å². The fourth-order valence-corrected chi connectivity index (χ4v) is 3.17. The molecule has 1 aromatic carbocycles. The van der Waals surface area contributed by atoms with E-state index in [1.165, 1.54) is 31.4 Å². The predicted molar refractivity (Wildman–Crippen MR) is 91.5 cm³/mol. The Balaban J connectivity index is 1.73. The van der Waals surface area contributed by atoms with Crippen LogP contribution in [-0.2, 0) is 11.3 Å². The van der Waals surface area contributed by atoms with Crippen molar-refractivity contribution in [3.8, 4) is 11.3 Å². The molecule has 2 heterocycles. The number of hydrogen-bond acceptors (Lipinski definition) is 5. The Kier molecular flexibility index (Phi) is 5.25. The van der Waals surface area contributed by atoms with Crippen molar-refractivity contribution in [2.75, 3.05) is 13.2 Å². The molecule has 1 aliphatic heterocycles. The van der Waals surface area contributed by atoms with Gasteiger partial charge in [-0.3, -0.25) is 4.90 Å². The molecule has 0 radical (unpaired) electrons. The van der Waals surface area contributed by atoms with Gasteiger partial charge in [-0.25, -0.2) is 4.79 Å². The Morgan fingerprint density at radius 3 is 2.79 bits per heavy atom. The summed E-state index contributed by atoms with van der Waals surface area (Å²) in [5.41, 5.74) is 2.90. The van der Waals surface area contributed by atoms with Gasteiger partial charge in [0.1, 0.15) is 5.69 Å². The molecule has 128 valence electrons. The quantitative estimate of drug-likeness (QED) is 0.854. The highest BCUT2D eigenvalue weighted by Gasteiger charge is 2.20. The zero-order chi connectivity index (χ0) is 16.9. The second-order valence-corrected chi connectivity index (χ2v) is 6.25. The van der Waals surface area contributed by atoms with E-state index in [9.17, 15) is 4.79 Å². The number of likely N-dealkylation sites (tertiary alicyclic amines) is 1. The molecule has 6 nitrogen and oxygen atoms in total. The van der Waals surface area contributed by atoms with Gasteiger partial charge in [-0.15, -0.1) is 5.10 Å². The topological polar surface area (TPSA) is 71.1 Å². The molecule has 6 heteroatoms. The van der Waals surface area contributed by atoms with Crippen LogP contribution < -0.4 is 0 Å². The number of aromatic nitrogens is 3. The lowest BCUT2D eigenvalue weighted by atomic mass is 10.0. The molecule has 2 aromatic rings. The Hall–Kier alpha value is -2.21. The summed E-state index contributed by atoms with van der Waals surface area (Å²) in [5.74, 6) is -0.451. The SMILES string of the molecule is CCOC(=O)c1n[nH]nc1-c1ccc(CN2CCCCC2C)cc1. The summed E-state index contributed by atoms with van der Waals surface area (Å²) in [6, 6.07) is 8.82. The van der Waals surface area contributed by atoms with Crippen molar-refractivity contribution in [1.29, 1.82) is 0 Å². The molecule has 0 bridgehead atoms. The van der Waals surface area contributed by atoms with Crippen LogP contribution in [0.1, 0.15) is 49.2 Å². The Morgan fingerprint density at radius 1 is 1.29 bits per heavy atom. The van der Waals surface area contributed by atoms with Crippen LogP contribution in [0.3, 0.4) is 0 Å². The van der Waals surface area contributed by atoms with Crippen molar-refractivity contribution in [2.24, 2.45) is 0 Å². The molecule has 0 spiro atoms. The Morgan fingerprint density at radius 2 is 2.08 bits per heavy atom. The third-order valence-corrected chi connectivity index (χ3v) is 4.57. The van der Waals surface area contributed by atoms with E-state index < -0.39 is 5.97 Å². The summed E-state index contributed by atoms with van der Waals surface area (Å²) in [6.07, 6.45) is 3.89. The van der Waals surface area contributed by atoms with E-state index in [2.05, 4.69) is 39.4 Å². The number of ether oxygens (including phenoxy) is 1. The smallest absolute Gasteiger partial charge is 0.361 e. The van der Waals surface area contributed by atoms with Crippen LogP contribution in [0.2, 0.25) is 0 Å². The van der Waals surface area contributed by atoms with Gasteiger partial charge in [-0.05, 0) is 38.8 Å². The zero-order valence-corrected chi connectivity index (χ0v) is 14.3. The maximum Gasteiger partial charge on any atom is 0.361 e. The molecule has 1 fully saturated rings. The standard InChI is InChI=1S/C18H24N4O2/c1-3-24-18(23)17-16(19-21-20-17)15-9-7-14(8-10-15)12-22-11-5-4-6-13(22)2/h7-10,13H,3-6,11-12H2,1-2H3,(H,19,20,21). The molecule has 0 saturated carbocycles. The minimum atomic E-state index is -0.451. The van der Waals surface area contributed by atoms with Gasteiger partial charge in [0.2, 0.25) is 0 Å². The number of nitrogens with zero attached hydrogens (tertiary/aromatic N) is 3. The van der Waals surface area contributed by atoms with Gasteiger partial charge in [-0.1, -0.05) is 30.7 Å². The predicted octanol–water partition coefficient (Wildman–Crippen LogP) is 3.02. The van der Waals surface area contributed by atoms with Crippen molar-refractivity contribution in [1.82, 2.24) is 20.3 Å². The molecular formula is C18H24N4O2. The third kappa shape index (κ3) is 3.64. The fourth-order valence-electron chi connectivity index (χ4n) is 3.17.